The highest BCUT2D eigenvalue weighted by atomic mass is 16.6. The molecule has 4 atom stereocenters. The van der Waals surface area contributed by atoms with E-state index in [0.717, 1.165) is 12.1 Å². The van der Waals surface area contributed by atoms with Crippen molar-refractivity contribution in [3.05, 3.63) is 66.3 Å². The van der Waals surface area contributed by atoms with Crippen LogP contribution in [0.3, 0.4) is 0 Å². The lowest BCUT2D eigenvalue weighted by Gasteiger charge is -2.17. The Balaban J connectivity index is 1.27. The van der Waals surface area contributed by atoms with Gasteiger partial charge in [0.1, 0.15) is 12.2 Å². The summed E-state index contributed by atoms with van der Waals surface area (Å²) in [6, 6.07) is 10.2. The Morgan fingerprint density at radius 2 is 1.80 bits per heavy atom. The number of aliphatic hydroxyl groups excluding tert-OH is 2. The van der Waals surface area contributed by atoms with Crippen molar-refractivity contribution in [2.75, 3.05) is 23.7 Å². The van der Waals surface area contributed by atoms with Gasteiger partial charge in [0.15, 0.2) is 29.3 Å². The molecule has 1 aliphatic rings. The second-order valence-corrected chi connectivity index (χ2v) is 9.85. The second kappa shape index (κ2) is 11.6. The van der Waals surface area contributed by atoms with Crippen molar-refractivity contribution in [2.45, 2.75) is 50.8 Å². The van der Waals surface area contributed by atoms with Gasteiger partial charge in [-0.1, -0.05) is 30.3 Å². The highest BCUT2D eigenvalue weighted by Crippen LogP contribution is 2.39. The maximum absolute atomic E-state index is 11.0. The second-order valence-electron chi connectivity index (χ2n) is 9.85. The standard InChI is InChI=1S/C26H32N12O3/c1-3-38-34-23(33-35-38)21-19(39)20(40)25(41-21)37-15-30-18-22(27-11-9-16-7-5-4-6-8-16)31-26(32-24(18)37)28-12-10-17-13-36(2)14-29-17/h4-8,13-15,19-21,25,39-40H,3,9-12H2,1-2H3,(H2,27,28,31,32)/t19-,20+,21-,25+/m0/s1. The van der Waals surface area contributed by atoms with Gasteiger partial charge < -0.3 is 30.2 Å². The zero-order valence-corrected chi connectivity index (χ0v) is 22.7. The number of rotatable bonds is 11. The van der Waals surface area contributed by atoms with Crippen LogP contribution in [0, 0.1) is 0 Å². The monoisotopic (exact) mass is 560 g/mol. The van der Waals surface area contributed by atoms with E-state index < -0.39 is 24.5 Å². The van der Waals surface area contributed by atoms with E-state index in [4.69, 9.17) is 14.7 Å². The molecule has 1 saturated heterocycles. The van der Waals surface area contributed by atoms with Crippen LogP contribution >= 0.6 is 0 Å². The van der Waals surface area contributed by atoms with Crippen LogP contribution in [-0.2, 0) is 31.2 Å². The fraction of sp³-hybridized carbons (Fsp3) is 0.423. The van der Waals surface area contributed by atoms with Gasteiger partial charge in [0, 0.05) is 32.8 Å². The minimum absolute atomic E-state index is 0.195. The summed E-state index contributed by atoms with van der Waals surface area (Å²) in [4.78, 5) is 19.7. The van der Waals surface area contributed by atoms with E-state index >= 15 is 0 Å². The fourth-order valence-electron chi connectivity index (χ4n) is 4.78. The Morgan fingerprint density at radius 1 is 0.976 bits per heavy atom. The summed E-state index contributed by atoms with van der Waals surface area (Å²) >= 11 is 0. The first kappa shape index (κ1) is 26.7. The van der Waals surface area contributed by atoms with Gasteiger partial charge in [0.25, 0.3) is 0 Å². The topological polar surface area (TPSA) is 179 Å². The zero-order valence-electron chi connectivity index (χ0n) is 22.7. The molecule has 1 fully saturated rings. The summed E-state index contributed by atoms with van der Waals surface area (Å²) in [5.74, 6) is 1.12. The lowest BCUT2D eigenvalue weighted by Crippen LogP contribution is -2.29. The van der Waals surface area contributed by atoms with Crippen molar-refractivity contribution in [3.8, 4) is 0 Å². The molecule has 0 unspecified atom stereocenters. The molecule has 15 nitrogen and oxygen atoms in total. The highest BCUT2D eigenvalue weighted by molar-refractivity contribution is 5.84. The van der Waals surface area contributed by atoms with Crippen LogP contribution in [0.2, 0.25) is 0 Å². The Morgan fingerprint density at radius 3 is 2.56 bits per heavy atom. The Labute approximate surface area is 235 Å². The normalized spacial score (nSPS) is 20.6. The average Bonchev–Trinajstić information content (AvgIpc) is 3.77. The third-order valence-electron chi connectivity index (χ3n) is 6.91. The molecule has 41 heavy (non-hydrogen) atoms. The molecule has 1 aromatic carbocycles. The third kappa shape index (κ3) is 5.59. The molecule has 0 bridgehead atoms. The van der Waals surface area contributed by atoms with Crippen molar-refractivity contribution in [1.29, 1.82) is 0 Å². The number of nitrogens with zero attached hydrogens (tertiary/aromatic N) is 10. The predicted octanol–water partition coefficient (Wildman–Crippen LogP) is 0.867. The van der Waals surface area contributed by atoms with Gasteiger partial charge in [-0.15, -0.1) is 10.2 Å². The number of aliphatic hydroxyl groups is 2. The third-order valence-corrected chi connectivity index (χ3v) is 6.91. The molecule has 214 valence electrons. The number of anilines is 2. The molecule has 15 heteroatoms. The molecule has 0 spiro atoms. The van der Waals surface area contributed by atoms with Crippen molar-refractivity contribution in [1.82, 2.24) is 49.3 Å². The Kier molecular flexibility index (Phi) is 7.54. The number of imidazole rings is 2. The number of benzene rings is 1. The van der Waals surface area contributed by atoms with E-state index in [1.807, 2.05) is 42.9 Å². The molecule has 5 aromatic rings. The summed E-state index contributed by atoms with van der Waals surface area (Å²) < 4.78 is 9.57. The molecule has 6 rings (SSSR count). The number of aryl methyl sites for hydroxylation is 2. The Hall–Kier alpha value is -4.47. The summed E-state index contributed by atoms with van der Waals surface area (Å²) in [7, 11) is 1.93. The van der Waals surface area contributed by atoms with E-state index in [0.29, 0.717) is 49.0 Å². The van der Waals surface area contributed by atoms with Crippen LogP contribution in [0.25, 0.3) is 11.2 Å². The summed E-state index contributed by atoms with van der Waals surface area (Å²) in [5, 5.41) is 40.6. The summed E-state index contributed by atoms with van der Waals surface area (Å²) in [6.45, 7) is 3.57. The summed E-state index contributed by atoms with van der Waals surface area (Å²) in [6.07, 6.45) is 2.23. The quantitative estimate of drug-likeness (QED) is 0.179. The molecule has 4 N–H and O–H groups in total. The Bertz CT molecular complexity index is 1600. The molecule has 4 aromatic heterocycles. The van der Waals surface area contributed by atoms with E-state index in [1.165, 1.54) is 16.7 Å². The first-order valence-electron chi connectivity index (χ1n) is 13.5. The van der Waals surface area contributed by atoms with Crippen LogP contribution in [0.1, 0.15) is 36.3 Å². The number of aromatic nitrogens is 10. The number of fused-ring (bicyclic) bond motifs is 1. The van der Waals surface area contributed by atoms with Crippen LogP contribution in [0.5, 0.6) is 0 Å². The van der Waals surface area contributed by atoms with Crippen LogP contribution in [0.15, 0.2) is 49.2 Å². The van der Waals surface area contributed by atoms with Gasteiger partial charge in [-0.3, -0.25) is 4.57 Å². The van der Waals surface area contributed by atoms with Gasteiger partial charge in [-0.2, -0.15) is 14.8 Å². The zero-order chi connectivity index (χ0) is 28.3. The van der Waals surface area contributed by atoms with Crippen molar-refractivity contribution in [3.63, 3.8) is 0 Å². The van der Waals surface area contributed by atoms with E-state index in [1.54, 1.807) is 10.9 Å². The minimum Gasteiger partial charge on any atom is -0.387 e. The van der Waals surface area contributed by atoms with Gasteiger partial charge in [0.05, 0.1) is 24.9 Å². The van der Waals surface area contributed by atoms with E-state index in [9.17, 15) is 10.2 Å². The molecule has 5 heterocycles. The van der Waals surface area contributed by atoms with Crippen LogP contribution < -0.4 is 10.6 Å². The van der Waals surface area contributed by atoms with E-state index in [-0.39, 0.29) is 5.82 Å². The minimum atomic E-state index is -1.28. The number of tetrazole rings is 1. The predicted molar refractivity (Wildman–Crippen MR) is 148 cm³/mol. The maximum atomic E-state index is 11.0. The lowest BCUT2D eigenvalue weighted by molar-refractivity contribution is -0.0384. The van der Waals surface area contributed by atoms with Crippen LogP contribution in [0.4, 0.5) is 11.8 Å². The van der Waals surface area contributed by atoms with Gasteiger partial charge >= 0.3 is 0 Å². The fourth-order valence-corrected chi connectivity index (χ4v) is 4.78. The lowest BCUT2D eigenvalue weighted by atomic mass is 10.1. The molecule has 0 aliphatic carbocycles. The van der Waals surface area contributed by atoms with Gasteiger partial charge in [-0.05, 0) is 24.1 Å². The van der Waals surface area contributed by atoms with Crippen molar-refractivity contribution in [2.24, 2.45) is 7.05 Å². The largest absolute Gasteiger partial charge is 0.387 e. The maximum Gasteiger partial charge on any atom is 0.226 e. The molecule has 1 aliphatic heterocycles. The first-order valence-corrected chi connectivity index (χ1v) is 13.5. The average molecular weight is 561 g/mol. The molecular weight excluding hydrogens is 528 g/mol. The van der Waals surface area contributed by atoms with E-state index in [2.05, 4.69) is 48.1 Å². The molecule has 0 radical (unpaired) electrons. The van der Waals surface area contributed by atoms with Crippen LogP contribution in [-0.4, -0.2) is 84.8 Å². The number of ether oxygens (including phenoxy) is 1. The smallest absolute Gasteiger partial charge is 0.226 e. The number of hydrogen-bond acceptors (Lipinski definition) is 12. The molecule has 0 saturated carbocycles. The number of hydrogen-bond donors (Lipinski definition) is 4. The highest BCUT2D eigenvalue weighted by Gasteiger charge is 2.47. The van der Waals surface area contributed by atoms with Crippen molar-refractivity contribution < 1.29 is 14.9 Å². The van der Waals surface area contributed by atoms with Gasteiger partial charge in [0.2, 0.25) is 11.8 Å². The summed E-state index contributed by atoms with van der Waals surface area (Å²) in [5.41, 5.74) is 3.09. The van der Waals surface area contributed by atoms with Gasteiger partial charge in [-0.25, -0.2) is 9.97 Å². The number of nitrogens with one attached hydrogen (secondary N) is 2. The SMILES string of the molecule is CCn1nnc([C@H]2O[C@@H](n3cnc4c(NCCc5ccccc5)nc(NCCc5cn(C)cn5)nc43)[C@H](O)[C@@H]2O)n1. The molecule has 0 amide bonds. The first-order chi connectivity index (χ1) is 20.0. The van der Waals surface area contributed by atoms with Crippen molar-refractivity contribution >= 4 is 22.9 Å². The molecular formula is C26H32N12O3.